The minimum absolute atomic E-state index is 0.00983. The molecule has 2 N–H and O–H groups in total. The number of allylic oxidation sites excluding steroid dienone is 1. The molecule has 0 aromatic heterocycles. The standard InChI is InChI=1S/C15H17NO4/c1-3-16-10-13(15(19)20-2)14(18)9-6-11-4-7-12(17)8-5-11/h4-10,17-18H,3H2,1-2H3. The quantitative estimate of drug-likeness (QED) is 0.284. The number of methoxy groups -OCH3 is 1. The second-order valence-electron chi connectivity index (χ2n) is 3.84. The molecule has 0 aliphatic rings. The SMILES string of the molecule is CCN=CC(C(=O)OC)=C(O)C=Cc1ccc(O)cc1. The van der Waals surface area contributed by atoms with Gasteiger partial charge in [0.1, 0.15) is 17.1 Å². The number of aromatic hydroxyl groups is 1. The molecule has 0 bridgehead atoms. The first kappa shape index (κ1) is 15.5. The van der Waals surface area contributed by atoms with E-state index in [4.69, 9.17) is 5.11 Å². The number of phenols is 1. The van der Waals surface area contributed by atoms with Gasteiger partial charge in [-0.25, -0.2) is 4.79 Å². The van der Waals surface area contributed by atoms with Gasteiger partial charge in [0.05, 0.1) is 7.11 Å². The van der Waals surface area contributed by atoms with E-state index in [1.807, 2.05) is 6.92 Å². The highest BCUT2D eigenvalue weighted by Gasteiger charge is 2.11. The van der Waals surface area contributed by atoms with Gasteiger partial charge in [-0.15, -0.1) is 0 Å². The number of ether oxygens (including phenoxy) is 1. The van der Waals surface area contributed by atoms with Crippen molar-refractivity contribution in [2.24, 2.45) is 4.99 Å². The highest BCUT2D eigenvalue weighted by Crippen LogP contribution is 2.12. The van der Waals surface area contributed by atoms with E-state index in [2.05, 4.69) is 9.73 Å². The zero-order valence-electron chi connectivity index (χ0n) is 11.4. The van der Waals surface area contributed by atoms with Gasteiger partial charge in [-0.05, 0) is 30.7 Å². The highest BCUT2D eigenvalue weighted by atomic mass is 16.5. The molecular weight excluding hydrogens is 258 g/mol. The molecule has 1 rings (SSSR count). The Morgan fingerprint density at radius 1 is 1.35 bits per heavy atom. The lowest BCUT2D eigenvalue weighted by molar-refractivity contribution is -0.135. The Labute approximate surface area is 117 Å². The summed E-state index contributed by atoms with van der Waals surface area (Å²) in [4.78, 5) is 15.4. The van der Waals surface area contributed by atoms with Crippen molar-refractivity contribution in [3.05, 3.63) is 47.2 Å². The Hall–Kier alpha value is -2.56. The van der Waals surface area contributed by atoms with Crippen molar-refractivity contribution >= 4 is 18.3 Å². The van der Waals surface area contributed by atoms with Crippen molar-refractivity contribution in [1.82, 2.24) is 0 Å². The number of aliphatic hydroxyl groups excluding tert-OH is 1. The summed E-state index contributed by atoms with van der Waals surface area (Å²) in [6, 6.07) is 6.41. The van der Waals surface area contributed by atoms with Crippen molar-refractivity contribution in [2.75, 3.05) is 13.7 Å². The van der Waals surface area contributed by atoms with Crippen molar-refractivity contribution in [3.8, 4) is 5.75 Å². The van der Waals surface area contributed by atoms with Crippen LogP contribution in [-0.4, -0.2) is 36.1 Å². The third-order valence-electron chi connectivity index (χ3n) is 2.41. The molecule has 0 aliphatic heterocycles. The number of benzene rings is 1. The fourth-order valence-corrected chi connectivity index (χ4v) is 1.37. The number of nitrogens with zero attached hydrogens (tertiary/aromatic N) is 1. The lowest BCUT2D eigenvalue weighted by atomic mass is 10.1. The van der Waals surface area contributed by atoms with Crippen LogP contribution in [0, 0.1) is 0 Å². The summed E-state index contributed by atoms with van der Waals surface area (Å²) in [5.41, 5.74) is 0.760. The van der Waals surface area contributed by atoms with E-state index < -0.39 is 5.97 Å². The van der Waals surface area contributed by atoms with Gasteiger partial charge in [0, 0.05) is 12.8 Å². The molecule has 0 fully saturated rings. The Morgan fingerprint density at radius 2 is 2.00 bits per heavy atom. The maximum absolute atomic E-state index is 11.5. The number of aliphatic hydroxyl groups is 1. The zero-order valence-corrected chi connectivity index (χ0v) is 11.4. The van der Waals surface area contributed by atoms with Crippen LogP contribution in [0.4, 0.5) is 0 Å². The molecule has 106 valence electrons. The number of phenolic OH excluding ortho intramolecular Hbond substituents is 1. The molecule has 5 nitrogen and oxygen atoms in total. The minimum atomic E-state index is -0.657. The van der Waals surface area contributed by atoms with Crippen LogP contribution < -0.4 is 0 Å². The van der Waals surface area contributed by atoms with E-state index >= 15 is 0 Å². The Kier molecular flexibility index (Phi) is 6.03. The predicted octanol–water partition coefficient (Wildman–Crippen LogP) is 2.48. The lowest BCUT2D eigenvalue weighted by Crippen LogP contribution is -2.08. The summed E-state index contributed by atoms with van der Waals surface area (Å²) in [5, 5.41) is 19.1. The molecule has 0 saturated carbocycles. The zero-order chi connectivity index (χ0) is 15.0. The van der Waals surface area contributed by atoms with E-state index in [0.29, 0.717) is 6.54 Å². The molecule has 0 amide bonds. The van der Waals surface area contributed by atoms with Crippen LogP contribution in [0.3, 0.4) is 0 Å². The van der Waals surface area contributed by atoms with E-state index in [9.17, 15) is 9.90 Å². The molecule has 0 unspecified atom stereocenters. The fraction of sp³-hybridized carbons (Fsp3) is 0.200. The van der Waals surface area contributed by atoms with Crippen LogP contribution in [0.5, 0.6) is 5.75 Å². The summed E-state index contributed by atoms with van der Waals surface area (Å²) in [6.45, 7) is 2.31. The van der Waals surface area contributed by atoms with Gasteiger partial charge in [-0.3, -0.25) is 4.99 Å². The van der Waals surface area contributed by atoms with Crippen molar-refractivity contribution in [2.45, 2.75) is 6.92 Å². The first-order valence-corrected chi connectivity index (χ1v) is 6.07. The van der Waals surface area contributed by atoms with Crippen LogP contribution in [-0.2, 0) is 9.53 Å². The number of hydrogen-bond donors (Lipinski definition) is 2. The van der Waals surface area contributed by atoms with E-state index in [1.165, 1.54) is 31.5 Å². The number of carbonyl (C=O) groups is 1. The molecular formula is C15H17NO4. The molecule has 0 atom stereocenters. The van der Waals surface area contributed by atoms with Gasteiger partial charge in [-0.2, -0.15) is 0 Å². The van der Waals surface area contributed by atoms with Crippen LogP contribution >= 0.6 is 0 Å². The number of aliphatic imine (C=N–C) groups is 1. The van der Waals surface area contributed by atoms with E-state index in [0.717, 1.165) is 5.56 Å². The number of rotatable bonds is 5. The summed E-state index contributed by atoms with van der Waals surface area (Å²) in [5.74, 6) is -0.732. The largest absolute Gasteiger partial charge is 0.508 e. The van der Waals surface area contributed by atoms with Crippen LogP contribution in [0.2, 0.25) is 0 Å². The molecule has 1 aromatic rings. The molecule has 0 radical (unpaired) electrons. The molecule has 5 heteroatoms. The Morgan fingerprint density at radius 3 is 2.55 bits per heavy atom. The maximum Gasteiger partial charge on any atom is 0.343 e. The molecule has 20 heavy (non-hydrogen) atoms. The number of esters is 1. The van der Waals surface area contributed by atoms with Gasteiger partial charge in [0.2, 0.25) is 0 Å². The molecule has 0 spiro atoms. The molecule has 0 aliphatic carbocycles. The van der Waals surface area contributed by atoms with Gasteiger partial charge in [-0.1, -0.05) is 18.2 Å². The lowest BCUT2D eigenvalue weighted by Gasteiger charge is -2.01. The number of carbonyl (C=O) groups excluding carboxylic acids is 1. The third-order valence-corrected chi connectivity index (χ3v) is 2.41. The number of hydrogen-bond acceptors (Lipinski definition) is 5. The van der Waals surface area contributed by atoms with Crippen molar-refractivity contribution in [3.63, 3.8) is 0 Å². The summed E-state index contributed by atoms with van der Waals surface area (Å²) < 4.78 is 4.58. The fourth-order valence-electron chi connectivity index (χ4n) is 1.37. The Balaban J connectivity index is 3.00. The van der Waals surface area contributed by atoms with Gasteiger partial charge >= 0.3 is 5.97 Å². The van der Waals surface area contributed by atoms with Crippen LogP contribution in [0.15, 0.2) is 46.7 Å². The first-order valence-electron chi connectivity index (χ1n) is 6.07. The summed E-state index contributed by atoms with van der Waals surface area (Å²) in [6.07, 6.45) is 4.26. The minimum Gasteiger partial charge on any atom is -0.508 e. The van der Waals surface area contributed by atoms with E-state index in [1.54, 1.807) is 18.2 Å². The average Bonchev–Trinajstić information content (AvgIpc) is 2.46. The van der Waals surface area contributed by atoms with Crippen LogP contribution in [0.25, 0.3) is 6.08 Å². The summed E-state index contributed by atoms with van der Waals surface area (Å²) >= 11 is 0. The second kappa shape index (κ2) is 7.78. The second-order valence-corrected chi connectivity index (χ2v) is 3.84. The van der Waals surface area contributed by atoms with Gasteiger partial charge in [0.25, 0.3) is 0 Å². The summed E-state index contributed by atoms with van der Waals surface area (Å²) in [7, 11) is 1.24. The maximum atomic E-state index is 11.5. The normalized spacial score (nSPS) is 12.7. The van der Waals surface area contributed by atoms with Gasteiger partial charge < -0.3 is 14.9 Å². The van der Waals surface area contributed by atoms with Crippen molar-refractivity contribution < 1.29 is 19.7 Å². The third kappa shape index (κ3) is 4.61. The molecule has 0 heterocycles. The molecule has 1 aromatic carbocycles. The monoisotopic (exact) mass is 275 g/mol. The average molecular weight is 275 g/mol. The Bertz CT molecular complexity index is 541. The topological polar surface area (TPSA) is 79.1 Å². The first-order chi connectivity index (χ1) is 9.58. The van der Waals surface area contributed by atoms with E-state index in [-0.39, 0.29) is 17.1 Å². The predicted molar refractivity (Wildman–Crippen MR) is 77.8 cm³/mol. The van der Waals surface area contributed by atoms with Crippen LogP contribution in [0.1, 0.15) is 12.5 Å². The smallest absolute Gasteiger partial charge is 0.343 e. The molecule has 0 saturated heterocycles. The highest BCUT2D eigenvalue weighted by molar-refractivity contribution is 6.10. The van der Waals surface area contributed by atoms with Crippen molar-refractivity contribution in [1.29, 1.82) is 0 Å². The van der Waals surface area contributed by atoms with Gasteiger partial charge in [0.15, 0.2) is 0 Å².